The van der Waals surface area contributed by atoms with Crippen LogP contribution in [0.15, 0.2) is 0 Å². The fourth-order valence-corrected chi connectivity index (χ4v) is 2.51. The fourth-order valence-electron chi connectivity index (χ4n) is 2.51. The average Bonchev–Trinajstić information content (AvgIpc) is 2.66. The Morgan fingerprint density at radius 3 is 2.88 bits per heavy atom. The third kappa shape index (κ3) is 4.01. The molecule has 0 spiro atoms. The molecule has 1 rings (SSSR count). The third-order valence-corrected chi connectivity index (χ3v) is 3.30. The lowest BCUT2D eigenvalue weighted by Gasteiger charge is -2.33. The van der Waals surface area contributed by atoms with Gasteiger partial charge in [-0.15, -0.1) is 0 Å². The normalized spacial score (nSPS) is 25.9. The molecule has 0 aromatic carbocycles. The maximum absolute atomic E-state index is 9.43. The Bertz CT molecular complexity index is 201. The van der Waals surface area contributed by atoms with Gasteiger partial charge in [0.2, 0.25) is 0 Å². The van der Waals surface area contributed by atoms with Crippen LogP contribution < -0.4 is 5.32 Å². The first kappa shape index (κ1) is 13.9. The van der Waals surface area contributed by atoms with Crippen LogP contribution in [-0.2, 0) is 4.74 Å². The number of likely N-dealkylation sites (N-methyl/N-ethyl adjacent to an activating group) is 1. The molecule has 0 aromatic heterocycles. The van der Waals surface area contributed by atoms with Crippen molar-refractivity contribution in [1.82, 2.24) is 10.2 Å². The largest absolute Gasteiger partial charge is 0.394 e. The van der Waals surface area contributed by atoms with E-state index in [2.05, 4.69) is 24.1 Å². The molecule has 96 valence electrons. The summed E-state index contributed by atoms with van der Waals surface area (Å²) < 4.78 is 5.19. The number of hydrogen-bond donors (Lipinski definition) is 2. The first-order valence-electron chi connectivity index (χ1n) is 6.20. The molecule has 0 bridgehead atoms. The summed E-state index contributed by atoms with van der Waals surface area (Å²) in [6, 6.07) is 0. The highest BCUT2D eigenvalue weighted by molar-refractivity contribution is 4.88. The van der Waals surface area contributed by atoms with E-state index in [1.54, 1.807) is 7.11 Å². The van der Waals surface area contributed by atoms with Gasteiger partial charge in [0.05, 0.1) is 18.8 Å². The summed E-state index contributed by atoms with van der Waals surface area (Å²) in [6.07, 6.45) is 1.21. The molecule has 1 saturated heterocycles. The van der Waals surface area contributed by atoms with Gasteiger partial charge in [-0.1, -0.05) is 6.92 Å². The van der Waals surface area contributed by atoms with E-state index in [1.807, 2.05) is 0 Å². The van der Waals surface area contributed by atoms with Gasteiger partial charge in [0, 0.05) is 20.2 Å². The van der Waals surface area contributed by atoms with Crippen molar-refractivity contribution in [2.75, 3.05) is 46.5 Å². The molecule has 0 saturated carbocycles. The number of aliphatic hydroxyl groups is 1. The smallest absolute Gasteiger partial charge is 0.0623 e. The lowest BCUT2D eigenvalue weighted by Crippen LogP contribution is -2.53. The summed E-state index contributed by atoms with van der Waals surface area (Å²) in [7, 11) is 1.76. The molecule has 16 heavy (non-hydrogen) atoms. The minimum atomic E-state index is -0.170. The van der Waals surface area contributed by atoms with Crippen molar-refractivity contribution >= 4 is 0 Å². The van der Waals surface area contributed by atoms with Crippen LogP contribution in [0.2, 0.25) is 0 Å². The van der Waals surface area contributed by atoms with Crippen molar-refractivity contribution in [3.05, 3.63) is 0 Å². The molecule has 1 fully saturated rings. The minimum absolute atomic E-state index is 0.170. The second kappa shape index (κ2) is 6.55. The molecule has 1 aliphatic rings. The van der Waals surface area contributed by atoms with E-state index in [1.165, 1.54) is 6.42 Å². The SMILES string of the molecule is CCNC(C)(CO)CN1CCC(COC)C1. The molecule has 0 amide bonds. The molecule has 0 aromatic rings. The molecule has 2 atom stereocenters. The Hall–Kier alpha value is -0.160. The van der Waals surface area contributed by atoms with Gasteiger partial charge in [-0.25, -0.2) is 0 Å². The predicted octanol–water partition coefficient (Wildman–Crippen LogP) is 0.315. The van der Waals surface area contributed by atoms with Crippen LogP contribution in [0.25, 0.3) is 0 Å². The molecule has 0 radical (unpaired) electrons. The Balaban J connectivity index is 2.36. The second-order valence-corrected chi connectivity index (χ2v) is 5.09. The quantitative estimate of drug-likeness (QED) is 0.661. The number of aliphatic hydroxyl groups excluding tert-OH is 1. The first-order valence-corrected chi connectivity index (χ1v) is 6.20. The van der Waals surface area contributed by atoms with E-state index in [0.717, 1.165) is 32.8 Å². The van der Waals surface area contributed by atoms with Crippen molar-refractivity contribution in [2.45, 2.75) is 25.8 Å². The zero-order valence-corrected chi connectivity index (χ0v) is 10.8. The van der Waals surface area contributed by atoms with Gasteiger partial charge < -0.3 is 20.1 Å². The Morgan fingerprint density at radius 2 is 2.31 bits per heavy atom. The monoisotopic (exact) mass is 230 g/mol. The van der Waals surface area contributed by atoms with Gasteiger partial charge in [0.15, 0.2) is 0 Å². The van der Waals surface area contributed by atoms with Crippen molar-refractivity contribution in [3.8, 4) is 0 Å². The zero-order valence-electron chi connectivity index (χ0n) is 10.8. The molecule has 1 heterocycles. The van der Waals surface area contributed by atoms with Gasteiger partial charge in [0.1, 0.15) is 0 Å². The molecular weight excluding hydrogens is 204 g/mol. The summed E-state index contributed by atoms with van der Waals surface area (Å²) in [5, 5.41) is 12.8. The second-order valence-electron chi connectivity index (χ2n) is 5.09. The van der Waals surface area contributed by atoms with Crippen molar-refractivity contribution < 1.29 is 9.84 Å². The van der Waals surface area contributed by atoms with E-state index in [9.17, 15) is 5.11 Å². The summed E-state index contributed by atoms with van der Waals surface area (Å²) in [5.74, 6) is 0.662. The highest BCUT2D eigenvalue weighted by Crippen LogP contribution is 2.18. The molecule has 4 heteroatoms. The van der Waals surface area contributed by atoms with Gasteiger partial charge in [-0.2, -0.15) is 0 Å². The molecule has 0 aliphatic carbocycles. The number of nitrogens with one attached hydrogen (secondary N) is 1. The summed E-state index contributed by atoms with van der Waals surface area (Å²) in [6.45, 7) is 9.22. The number of ether oxygens (including phenoxy) is 1. The number of rotatable bonds is 7. The van der Waals surface area contributed by atoms with E-state index < -0.39 is 0 Å². The fraction of sp³-hybridized carbons (Fsp3) is 1.00. The topological polar surface area (TPSA) is 44.7 Å². The van der Waals surface area contributed by atoms with Gasteiger partial charge >= 0.3 is 0 Å². The van der Waals surface area contributed by atoms with Crippen LogP contribution in [0.3, 0.4) is 0 Å². The predicted molar refractivity (Wildman–Crippen MR) is 65.6 cm³/mol. The highest BCUT2D eigenvalue weighted by atomic mass is 16.5. The minimum Gasteiger partial charge on any atom is -0.394 e. The Kier molecular flexibility index (Phi) is 5.69. The van der Waals surface area contributed by atoms with Crippen molar-refractivity contribution in [2.24, 2.45) is 5.92 Å². The van der Waals surface area contributed by atoms with Crippen LogP contribution in [0, 0.1) is 5.92 Å². The van der Waals surface area contributed by atoms with Crippen molar-refractivity contribution in [3.63, 3.8) is 0 Å². The van der Waals surface area contributed by atoms with Gasteiger partial charge in [0.25, 0.3) is 0 Å². The van der Waals surface area contributed by atoms with Crippen LogP contribution >= 0.6 is 0 Å². The average molecular weight is 230 g/mol. The van der Waals surface area contributed by atoms with Gasteiger partial charge in [-0.3, -0.25) is 0 Å². The number of nitrogens with zero attached hydrogens (tertiary/aromatic N) is 1. The van der Waals surface area contributed by atoms with Crippen LogP contribution in [0.5, 0.6) is 0 Å². The molecular formula is C12H26N2O2. The third-order valence-electron chi connectivity index (χ3n) is 3.30. The standard InChI is InChI=1S/C12H26N2O2/c1-4-13-12(2,10-15)9-14-6-5-11(7-14)8-16-3/h11,13,15H,4-10H2,1-3H3. The van der Waals surface area contributed by atoms with Crippen molar-refractivity contribution in [1.29, 1.82) is 0 Å². The molecule has 2 unspecified atom stereocenters. The molecule has 1 aliphatic heterocycles. The van der Waals surface area contributed by atoms with Gasteiger partial charge in [-0.05, 0) is 32.4 Å². The Labute approximate surface area is 99.0 Å². The summed E-state index contributed by atoms with van der Waals surface area (Å²) in [5.41, 5.74) is -0.170. The zero-order chi connectivity index (χ0) is 12.0. The van der Waals surface area contributed by atoms with Crippen LogP contribution in [0.1, 0.15) is 20.3 Å². The highest BCUT2D eigenvalue weighted by Gasteiger charge is 2.29. The lowest BCUT2D eigenvalue weighted by atomic mass is 10.0. The van der Waals surface area contributed by atoms with E-state index in [4.69, 9.17) is 4.74 Å². The molecule has 2 N–H and O–H groups in total. The summed E-state index contributed by atoms with van der Waals surface area (Å²) in [4.78, 5) is 2.42. The number of hydrogen-bond acceptors (Lipinski definition) is 4. The summed E-state index contributed by atoms with van der Waals surface area (Å²) >= 11 is 0. The Morgan fingerprint density at radius 1 is 1.56 bits per heavy atom. The van der Waals surface area contributed by atoms with Crippen LogP contribution in [0.4, 0.5) is 0 Å². The van der Waals surface area contributed by atoms with E-state index in [-0.39, 0.29) is 12.1 Å². The van der Waals surface area contributed by atoms with Crippen LogP contribution in [-0.4, -0.2) is 62.0 Å². The number of methoxy groups -OCH3 is 1. The first-order chi connectivity index (χ1) is 7.63. The number of likely N-dealkylation sites (tertiary alicyclic amines) is 1. The maximum Gasteiger partial charge on any atom is 0.0623 e. The van der Waals surface area contributed by atoms with E-state index in [0.29, 0.717) is 5.92 Å². The lowest BCUT2D eigenvalue weighted by molar-refractivity contribution is 0.122. The maximum atomic E-state index is 9.43. The van der Waals surface area contributed by atoms with E-state index >= 15 is 0 Å². The molecule has 4 nitrogen and oxygen atoms in total.